The van der Waals surface area contributed by atoms with Crippen molar-refractivity contribution in [2.45, 2.75) is 32.6 Å². The van der Waals surface area contributed by atoms with Crippen molar-refractivity contribution in [2.75, 3.05) is 13.7 Å². The lowest BCUT2D eigenvalue weighted by molar-refractivity contribution is 0.240. The average Bonchev–Trinajstić information content (AvgIpc) is 2.36. The first-order chi connectivity index (χ1) is 8.21. The van der Waals surface area contributed by atoms with E-state index in [1.54, 1.807) is 7.11 Å². The van der Waals surface area contributed by atoms with E-state index in [2.05, 4.69) is 13.8 Å². The molecule has 0 aromatic heterocycles. The highest BCUT2D eigenvalue weighted by molar-refractivity contribution is 6.17. The van der Waals surface area contributed by atoms with Crippen LogP contribution in [0.4, 0.5) is 0 Å². The van der Waals surface area contributed by atoms with E-state index in [0.717, 1.165) is 23.7 Å². The molecule has 0 heterocycles. The van der Waals surface area contributed by atoms with Crippen molar-refractivity contribution in [2.24, 2.45) is 5.92 Å². The first-order valence-electron chi connectivity index (χ1n) is 6.06. The normalized spacial score (nSPS) is 12.2. The molecular weight excluding hydrogens is 236 g/mol. The Bertz CT molecular complexity index is 339. The van der Waals surface area contributed by atoms with Crippen LogP contribution in [0.15, 0.2) is 18.2 Å². The second-order valence-corrected chi connectivity index (χ2v) is 4.59. The lowest BCUT2D eigenvalue weighted by Crippen LogP contribution is -2.08. The zero-order valence-electron chi connectivity index (χ0n) is 10.8. The van der Waals surface area contributed by atoms with Gasteiger partial charge in [-0.2, -0.15) is 0 Å². The van der Waals surface area contributed by atoms with E-state index in [0.29, 0.717) is 11.8 Å². The fourth-order valence-corrected chi connectivity index (χ4v) is 1.89. The van der Waals surface area contributed by atoms with Gasteiger partial charge in [-0.25, -0.2) is 0 Å². The van der Waals surface area contributed by atoms with Crippen LogP contribution in [0.3, 0.4) is 0 Å². The van der Waals surface area contributed by atoms with E-state index < -0.39 is 0 Å². The maximum absolute atomic E-state index is 5.78. The predicted molar refractivity (Wildman–Crippen MR) is 72.1 cm³/mol. The van der Waals surface area contributed by atoms with Gasteiger partial charge in [-0.3, -0.25) is 0 Å². The highest BCUT2D eigenvalue weighted by Crippen LogP contribution is 2.29. The molecule has 0 bridgehead atoms. The molecule has 1 rings (SSSR count). The van der Waals surface area contributed by atoms with E-state index in [-0.39, 0.29) is 0 Å². The van der Waals surface area contributed by atoms with E-state index in [4.69, 9.17) is 21.1 Å². The number of halogens is 1. The number of ether oxygens (including phenoxy) is 2. The maximum Gasteiger partial charge on any atom is 0.161 e. The molecule has 0 fully saturated rings. The Morgan fingerprint density at radius 1 is 1.29 bits per heavy atom. The summed E-state index contributed by atoms with van der Waals surface area (Å²) < 4.78 is 11.1. The van der Waals surface area contributed by atoms with Gasteiger partial charge in [0.2, 0.25) is 0 Å². The zero-order chi connectivity index (χ0) is 12.7. The van der Waals surface area contributed by atoms with Crippen molar-refractivity contribution >= 4 is 11.6 Å². The molecule has 1 aromatic carbocycles. The number of benzene rings is 1. The van der Waals surface area contributed by atoms with Crippen molar-refractivity contribution in [1.29, 1.82) is 0 Å². The Labute approximate surface area is 109 Å². The number of hydrogen-bond donors (Lipinski definition) is 0. The van der Waals surface area contributed by atoms with Gasteiger partial charge in [-0.15, -0.1) is 11.6 Å². The summed E-state index contributed by atoms with van der Waals surface area (Å²) in [6, 6.07) is 5.82. The van der Waals surface area contributed by atoms with Gasteiger partial charge in [0, 0.05) is 5.88 Å². The molecule has 0 saturated carbocycles. The summed E-state index contributed by atoms with van der Waals surface area (Å²) in [6.45, 7) is 5.11. The van der Waals surface area contributed by atoms with Crippen LogP contribution in [0.1, 0.15) is 32.3 Å². The van der Waals surface area contributed by atoms with Crippen molar-refractivity contribution in [3.05, 3.63) is 23.8 Å². The summed E-state index contributed by atoms with van der Waals surface area (Å²) in [5.41, 5.74) is 1.04. The number of alkyl halides is 1. The number of hydrogen-bond acceptors (Lipinski definition) is 2. The molecule has 1 atom stereocenters. The molecule has 3 heteroatoms. The van der Waals surface area contributed by atoms with Gasteiger partial charge < -0.3 is 9.47 Å². The van der Waals surface area contributed by atoms with E-state index in [1.807, 2.05) is 18.2 Å². The summed E-state index contributed by atoms with van der Waals surface area (Å²) in [5, 5.41) is 0. The Morgan fingerprint density at radius 3 is 2.65 bits per heavy atom. The largest absolute Gasteiger partial charge is 0.493 e. The fraction of sp³-hybridized carbons (Fsp3) is 0.571. The first kappa shape index (κ1) is 14.2. The molecule has 96 valence electrons. The third-order valence-electron chi connectivity index (χ3n) is 2.69. The van der Waals surface area contributed by atoms with Crippen LogP contribution in [0.2, 0.25) is 0 Å². The summed E-state index contributed by atoms with van der Waals surface area (Å²) >= 11 is 5.78. The number of methoxy groups -OCH3 is 1. The number of rotatable bonds is 7. The fourth-order valence-electron chi connectivity index (χ4n) is 1.72. The Morgan fingerprint density at radius 2 is 2.06 bits per heavy atom. The summed E-state index contributed by atoms with van der Waals surface area (Å²) in [6.07, 6.45) is 2.37. The van der Waals surface area contributed by atoms with Crippen LogP contribution >= 0.6 is 11.6 Å². The molecule has 0 amide bonds. The quantitative estimate of drug-likeness (QED) is 0.679. The van der Waals surface area contributed by atoms with Gasteiger partial charge in [0.05, 0.1) is 13.7 Å². The molecule has 0 N–H and O–H groups in total. The summed E-state index contributed by atoms with van der Waals surface area (Å²) in [5.74, 6) is 2.61. The molecule has 17 heavy (non-hydrogen) atoms. The molecule has 0 radical (unpaired) electrons. The minimum Gasteiger partial charge on any atom is -0.493 e. The summed E-state index contributed by atoms with van der Waals surface area (Å²) in [4.78, 5) is 0. The second kappa shape index (κ2) is 7.44. The molecule has 1 unspecified atom stereocenters. The molecule has 2 nitrogen and oxygen atoms in total. The lowest BCUT2D eigenvalue weighted by Gasteiger charge is -2.15. The van der Waals surface area contributed by atoms with Crippen LogP contribution in [0.25, 0.3) is 0 Å². The van der Waals surface area contributed by atoms with Crippen LogP contribution in [0.5, 0.6) is 11.5 Å². The Balaban J connectivity index is 2.63. The predicted octanol–water partition coefficient (Wildman–Crippen LogP) is 4.25. The van der Waals surface area contributed by atoms with Crippen LogP contribution in [-0.4, -0.2) is 13.7 Å². The Kier molecular flexibility index (Phi) is 6.20. The molecule has 0 aliphatic rings. The minimum absolute atomic E-state index is 0.489. The lowest BCUT2D eigenvalue weighted by atomic mass is 10.1. The van der Waals surface area contributed by atoms with Gasteiger partial charge in [0.25, 0.3) is 0 Å². The van der Waals surface area contributed by atoms with Crippen LogP contribution in [-0.2, 0) is 5.88 Å². The van der Waals surface area contributed by atoms with E-state index >= 15 is 0 Å². The van der Waals surface area contributed by atoms with E-state index in [9.17, 15) is 0 Å². The zero-order valence-corrected chi connectivity index (χ0v) is 11.6. The average molecular weight is 257 g/mol. The minimum atomic E-state index is 0.489. The standard InChI is InChI=1S/C14H21ClO2/c1-4-5-11(2)10-17-13-7-6-12(9-15)8-14(13)16-3/h6-8,11H,4-5,9-10H2,1-3H3. The van der Waals surface area contributed by atoms with Crippen LogP contribution < -0.4 is 9.47 Å². The Hall–Kier alpha value is -0.890. The third-order valence-corrected chi connectivity index (χ3v) is 3.00. The van der Waals surface area contributed by atoms with E-state index in [1.165, 1.54) is 12.8 Å². The van der Waals surface area contributed by atoms with Crippen molar-refractivity contribution in [3.63, 3.8) is 0 Å². The molecule has 1 aromatic rings. The van der Waals surface area contributed by atoms with Gasteiger partial charge in [0.15, 0.2) is 11.5 Å². The van der Waals surface area contributed by atoms with Crippen molar-refractivity contribution in [1.82, 2.24) is 0 Å². The molecule has 0 saturated heterocycles. The first-order valence-corrected chi connectivity index (χ1v) is 6.60. The second-order valence-electron chi connectivity index (χ2n) is 4.32. The third kappa shape index (κ3) is 4.47. The molecule has 0 spiro atoms. The van der Waals surface area contributed by atoms with Gasteiger partial charge in [-0.1, -0.05) is 26.3 Å². The highest BCUT2D eigenvalue weighted by Gasteiger charge is 2.07. The van der Waals surface area contributed by atoms with Gasteiger partial charge >= 0.3 is 0 Å². The van der Waals surface area contributed by atoms with Crippen molar-refractivity contribution < 1.29 is 9.47 Å². The maximum atomic E-state index is 5.78. The summed E-state index contributed by atoms with van der Waals surface area (Å²) in [7, 11) is 1.65. The SMILES string of the molecule is CCCC(C)COc1ccc(CCl)cc1OC. The molecule has 0 aliphatic heterocycles. The van der Waals surface area contributed by atoms with Crippen LogP contribution in [0, 0.1) is 5.92 Å². The highest BCUT2D eigenvalue weighted by atomic mass is 35.5. The van der Waals surface area contributed by atoms with Gasteiger partial charge in [0.1, 0.15) is 0 Å². The van der Waals surface area contributed by atoms with Crippen molar-refractivity contribution in [3.8, 4) is 11.5 Å². The molecule has 0 aliphatic carbocycles. The monoisotopic (exact) mass is 256 g/mol. The van der Waals surface area contributed by atoms with Gasteiger partial charge in [-0.05, 0) is 30.0 Å². The smallest absolute Gasteiger partial charge is 0.161 e. The topological polar surface area (TPSA) is 18.5 Å². The molecular formula is C14H21ClO2.